The number of hydrogen-bond acceptors (Lipinski definition) is 7. The van der Waals surface area contributed by atoms with Crippen LogP contribution in [0.2, 0.25) is 0 Å². The van der Waals surface area contributed by atoms with E-state index in [1.807, 2.05) is 13.0 Å². The summed E-state index contributed by atoms with van der Waals surface area (Å²) in [6, 6.07) is 6.37. The summed E-state index contributed by atoms with van der Waals surface area (Å²) in [4.78, 5) is 24.5. The second-order valence-corrected chi connectivity index (χ2v) is 8.79. The molecule has 1 unspecified atom stereocenters. The molecule has 168 valence electrons. The molecular weight excluding hydrogens is 441 g/mol. The summed E-state index contributed by atoms with van der Waals surface area (Å²) in [5, 5.41) is 6.43. The van der Waals surface area contributed by atoms with Crippen molar-refractivity contribution in [1.29, 1.82) is 0 Å². The molecule has 1 atom stereocenters. The Balaban J connectivity index is 1.59. The van der Waals surface area contributed by atoms with E-state index in [1.165, 1.54) is 11.3 Å². The molecule has 0 bridgehead atoms. The third kappa shape index (κ3) is 4.89. The lowest BCUT2D eigenvalue weighted by molar-refractivity contribution is -0.141. The van der Waals surface area contributed by atoms with Gasteiger partial charge in [0.15, 0.2) is 0 Å². The Bertz CT molecular complexity index is 1150. The number of rotatable bonds is 4. The Morgan fingerprint density at radius 3 is 2.81 bits per heavy atom. The van der Waals surface area contributed by atoms with E-state index < -0.39 is 17.4 Å². The van der Waals surface area contributed by atoms with Gasteiger partial charge in [-0.1, -0.05) is 6.07 Å². The summed E-state index contributed by atoms with van der Waals surface area (Å²) in [5.41, 5.74) is 7.18. The molecule has 11 heteroatoms. The number of nitrogens with zero attached hydrogens (tertiary/aromatic N) is 3. The maximum atomic E-state index is 12.9. The number of halogens is 3. The molecule has 3 aromatic rings. The first kappa shape index (κ1) is 22.2. The van der Waals surface area contributed by atoms with Crippen molar-refractivity contribution >= 4 is 28.9 Å². The number of amides is 1. The smallest absolute Gasteiger partial charge is 0.356 e. The molecule has 0 aliphatic carbocycles. The molecule has 0 saturated carbocycles. The van der Waals surface area contributed by atoms with Crippen LogP contribution in [0.5, 0.6) is 0 Å². The molecule has 1 aliphatic rings. The van der Waals surface area contributed by atoms with Gasteiger partial charge in [0.2, 0.25) is 11.9 Å². The third-order valence-corrected chi connectivity index (χ3v) is 6.45. The van der Waals surface area contributed by atoms with Gasteiger partial charge in [0.1, 0.15) is 10.7 Å². The molecule has 1 aliphatic heterocycles. The number of hydrogen-bond donors (Lipinski definition) is 3. The summed E-state index contributed by atoms with van der Waals surface area (Å²) in [6.45, 7) is 2.39. The summed E-state index contributed by atoms with van der Waals surface area (Å²) in [7, 11) is 0. The van der Waals surface area contributed by atoms with Crippen molar-refractivity contribution in [3.63, 3.8) is 0 Å². The van der Waals surface area contributed by atoms with Crippen LogP contribution in [-0.4, -0.2) is 27.4 Å². The normalized spacial score (nSPS) is 19.3. The van der Waals surface area contributed by atoms with Crippen molar-refractivity contribution in [1.82, 2.24) is 20.3 Å². The van der Waals surface area contributed by atoms with Gasteiger partial charge in [0.05, 0.1) is 10.4 Å². The van der Waals surface area contributed by atoms with Crippen LogP contribution < -0.4 is 16.4 Å². The van der Waals surface area contributed by atoms with Gasteiger partial charge in [-0.25, -0.2) is 15.0 Å². The van der Waals surface area contributed by atoms with E-state index in [9.17, 15) is 18.0 Å². The largest absolute Gasteiger partial charge is 0.433 e. The Morgan fingerprint density at radius 2 is 2.03 bits per heavy atom. The fourth-order valence-electron chi connectivity index (χ4n) is 3.53. The van der Waals surface area contributed by atoms with Crippen molar-refractivity contribution in [2.45, 2.75) is 37.9 Å². The Hall–Kier alpha value is -3.05. The average molecular weight is 463 g/mol. The molecule has 1 saturated heterocycles. The number of carbonyl (C=O) groups is 1. The fourth-order valence-corrected chi connectivity index (χ4v) is 4.59. The minimum atomic E-state index is -4.55. The SMILES string of the molecule is Cc1cc(Nc2nccc(C(F)(F)F)n2)cc(-c2cnc(C3(N)CCNC(=O)CC3)s2)c1. The maximum absolute atomic E-state index is 12.9. The molecule has 0 spiro atoms. The second-order valence-electron chi connectivity index (χ2n) is 7.76. The van der Waals surface area contributed by atoms with Gasteiger partial charge in [-0.05, 0) is 49.1 Å². The Kier molecular flexibility index (Phi) is 5.87. The molecule has 1 aromatic carbocycles. The first-order valence-corrected chi connectivity index (χ1v) is 10.8. The van der Waals surface area contributed by atoms with Crippen LogP contribution in [0.25, 0.3) is 10.4 Å². The molecule has 4 N–H and O–H groups in total. The first-order chi connectivity index (χ1) is 15.1. The monoisotopic (exact) mass is 462 g/mol. The van der Waals surface area contributed by atoms with Crippen LogP contribution in [0.4, 0.5) is 24.8 Å². The number of nitrogens with one attached hydrogen (secondary N) is 2. The zero-order chi connectivity index (χ0) is 22.9. The van der Waals surface area contributed by atoms with Gasteiger partial charge in [0, 0.05) is 31.0 Å². The fraction of sp³-hybridized carbons (Fsp3) is 0.333. The zero-order valence-corrected chi connectivity index (χ0v) is 18.0. The van der Waals surface area contributed by atoms with E-state index in [0.29, 0.717) is 31.5 Å². The minimum absolute atomic E-state index is 0.0136. The molecule has 7 nitrogen and oxygen atoms in total. The van der Waals surface area contributed by atoms with Crippen molar-refractivity contribution in [2.24, 2.45) is 5.73 Å². The minimum Gasteiger partial charge on any atom is -0.356 e. The van der Waals surface area contributed by atoms with Gasteiger partial charge < -0.3 is 16.4 Å². The number of aryl methyl sites for hydroxylation is 1. The highest BCUT2D eigenvalue weighted by atomic mass is 32.1. The Morgan fingerprint density at radius 1 is 1.22 bits per heavy atom. The predicted octanol–water partition coefficient (Wildman–Crippen LogP) is 4.13. The van der Waals surface area contributed by atoms with Gasteiger partial charge in [-0.2, -0.15) is 13.2 Å². The van der Waals surface area contributed by atoms with Gasteiger partial charge >= 0.3 is 6.18 Å². The van der Waals surface area contributed by atoms with E-state index in [2.05, 4.69) is 25.6 Å². The molecule has 2 aromatic heterocycles. The van der Waals surface area contributed by atoms with E-state index >= 15 is 0 Å². The number of alkyl halides is 3. The van der Waals surface area contributed by atoms with Crippen LogP contribution in [0, 0.1) is 6.92 Å². The highest BCUT2D eigenvalue weighted by Gasteiger charge is 2.34. The number of thiazole rings is 1. The quantitative estimate of drug-likeness (QED) is 0.539. The summed E-state index contributed by atoms with van der Waals surface area (Å²) < 4.78 is 38.8. The standard InChI is InChI=1S/C21H21F3N6OS/c1-12-8-13(10-14(9-12)29-19-27-6-3-16(30-19)21(22,23)24)15-11-28-18(32-15)20(25)4-2-17(31)26-7-5-20/h3,6,8-11H,2,4-5,7,25H2,1H3,(H,26,31)(H,27,29,30). The Labute approximate surface area is 186 Å². The first-order valence-electron chi connectivity index (χ1n) is 9.94. The highest BCUT2D eigenvalue weighted by molar-refractivity contribution is 7.15. The molecule has 1 fully saturated rings. The average Bonchev–Trinajstić information content (AvgIpc) is 3.16. The van der Waals surface area contributed by atoms with Crippen molar-refractivity contribution in [3.8, 4) is 10.4 Å². The summed E-state index contributed by atoms with van der Waals surface area (Å²) in [5.74, 6) is -0.154. The zero-order valence-electron chi connectivity index (χ0n) is 17.2. The van der Waals surface area contributed by atoms with Crippen LogP contribution in [-0.2, 0) is 16.5 Å². The van der Waals surface area contributed by atoms with E-state index in [4.69, 9.17) is 5.73 Å². The molecule has 0 radical (unpaired) electrons. The lowest BCUT2D eigenvalue weighted by Crippen LogP contribution is -2.37. The van der Waals surface area contributed by atoms with E-state index in [1.54, 1.807) is 18.3 Å². The number of nitrogens with two attached hydrogens (primary N) is 1. The number of carbonyl (C=O) groups excluding carboxylic acids is 1. The van der Waals surface area contributed by atoms with Crippen molar-refractivity contribution in [2.75, 3.05) is 11.9 Å². The van der Waals surface area contributed by atoms with Crippen molar-refractivity contribution in [3.05, 3.63) is 52.9 Å². The number of benzene rings is 1. The van der Waals surface area contributed by atoms with Crippen LogP contribution in [0.3, 0.4) is 0 Å². The van der Waals surface area contributed by atoms with E-state index in [-0.39, 0.29) is 11.9 Å². The van der Waals surface area contributed by atoms with Gasteiger partial charge in [0.25, 0.3) is 0 Å². The molecule has 4 rings (SSSR count). The molecular formula is C21H21F3N6OS. The van der Waals surface area contributed by atoms with E-state index in [0.717, 1.165) is 33.3 Å². The van der Waals surface area contributed by atoms with Crippen molar-refractivity contribution < 1.29 is 18.0 Å². The highest BCUT2D eigenvalue weighted by Crippen LogP contribution is 2.37. The third-order valence-electron chi connectivity index (χ3n) is 5.19. The molecule has 1 amide bonds. The second kappa shape index (κ2) is 8.47. The lowest BCUT2D eigenvalue weighted by Gasteiger charge is -2.24. The molecule has 32 heavy (non-hydrogen) atoms. The predicted molar refractivity (Wildman–Crippen MR) is 115 cm³/mol. The number of aromatic nitrogens is 3. The van der Waals surface area contributed by atoms with Crippen LogP contribution >= 0.6 is 11.3 Å². The van der Waals surface area contributed by atoms with Crippen LogP contribution in [0.1, 0.15) is 35.5 Å². The van der Waals surface area contributed by atoms with Gasteiger partial charge in [-0.15, -0.1) is 11.3 Å². The summed E-state index contributed by atoms with van der Waals surface area (Å²) in [6.07, 6.45) is -0.294. The summed E-state index contributed by atoms with van der Waals surface area (Å²) >= 11 is 1.45. The molecule has 3 heterocycles. The topological polar surface area (TPSA) is 106 Å². The lowest BCUT2D eigenvalue weighted by atomic mass is 9.92. The van der Waals surface area contributed by atoms with Crippen LogP contribution in [0.15, 0.2) is 36.7 Å². The van der Waals surface area contributed by atoms with Gasteiger partial charge in [-0.3, -0.25) is 4.79 Å². The number of anilines is 2. The maximum Gasteiger partial charge on any atom is 0.433 e.